The summed E-state index contributed by atoms with van der Waals surface area (Å²) in [5.74, 6) is 3.24. The minimum absolute atomic E-state index is 1.05. The Kier molecular flexibility index (Phi) is 1.10. The molecule has 0 aromatic carbocycles. The first kappa shape index (κ1) is 5.72. The van der Waals surface area contributed by atoms with Crippen molar-refractivity contribution < 1.29 is 0 Å². The van der Waals surface area contributed by atoms with Gasteiger partial charge in [-0.05, 0) is 37.8 Å². The lowest BCUT2D eigenvalue weighted by Gasteiger charge is -2.20. The fourth-order valence-corrected chi connectivity index (χ4v) is 2.24. The molecule has 0 aromatic heterocycles. The van der Waals surface area contributed by atoms with Crippen molar-refractivity contribution >= 4 is 0 Å². The van der Waals surface area contributed by atoms with Crippen LogP contribution in [0, 0.1) is 17.8 Å². The molecule has 1 saturated heterocycles. The summed E-state index contributed by atoms with van der Waals surface area (Å²) in [6.45, 7) is 5.10. The zero-order chi connectivity index (χ0) is 6.43. The minimum atomic E-state index is 1.05. The van der Waals surface area contributed by atoms with Crippen molar-refractivity contribution in [2.24, 2.45) is 17.8 Å². The highest BCUT2D eigenvalue weighted by atomic mass is 15.1. The van der Waals surface area contributed by atoms with Crippen LogP contribution >= 0.6 is 0 Å². The third-order valence-electron chi connectivity index (χ3n) is 3.13. The van der Waals surface area contributed by atoms with Crippen molar-refractivity contribution in [2.75, 3.05) is 20.1 Å². The van der Waals surface area contributed by atoms with Gasteiger partial charge < -0.3 is 4.90 Å². The van der Waals surface area contributed by atoms with Crippen LogP contribution in [0.4, 0.5) is 0 Å². The Labute approximate surface area is 57.0 Å². The molecule has 1 nitrogen and oxygen atoms in total. The molecule has 2 unspecified atom stereocenters. The van der Waals surface area contributed by atoms with E-state index >= 15 is 0 Å². The zero-order valence-electron chi connectivity index (χ0n) is 6.30. The average Bonchev–Trinajstić information content (AvgIpc) is 2.43. The van der Waals surface area contributed by atoms with Crippen molar-refractivity contribution in [1.29, 1.82) is 0 Å². The van der Waals surface area contributed by atoms with Crippen molar-refractivity contribution in [3.63, 3.8) is 0 Å². The van der Waals surface area contributed by atoms with E-state index in [2.05, 4.69) is 18.9 Å². The van der Waals surface area contributed by atoms with Crippen molar-refractivity contribution in [3.8, 4) is 0 Å². The fraction of sp³-hybridized carbons (Fsp3) is 1.00. The molecule has 2 fully saturated rings. The number of likely N-dealkylation sites (tertiary alicyclic amines) is 1. The fourth-order valence-electron chi connectivity index (χ4n) is 2.24. The van der Waals surface area contributed by atoms with Gasteiger partial charge in [0.15, 0.2) is 0 Å². The van der Waals surface area contributed by atoms with Crippen LogP contribution in [0.25, 0.3) is 0 Å². The molecule has 9 heavy (non-hydrogen) atoms. The Morgan fingerprint density at radius 2 is 2.11 bits per heavy atom. The second-order valence-corrected chi connectivity index (χ2v) is 3.74. The summed E-state index contributed by atoms with van der Waals surface area (Å²) >= 11 is 0. The summed E-state index contributed by atoms with van der Waals surface area (Å²) in [6, 6.07) is 0. The third kappa shape index (κ3) is 0.787. The average molecular weight is 125 g/mol. The molecule has 0 aromatic rings. The molecule has 1 heteroatoms. The molecule has 0 N–H and O–H groups in total. The second kappa shape index (κ2) is 1.72. The lowest BCUT2D eigenvalue weighted by atomic mass is 10.1. The standard InChI is InChI=1S/C8H15N/c1-6-7-3-4-9(2)5-8(6)7/h6-8H,3-5H2,1-2H3/t6-,7?,8?/m1/s1. The second-order valence-electron chi connectivity index (χ2n) is 3.74. The van der Waals surface area contributed by atoms with Crippen LogP contribution in [0.2, 0.25) is 0 Å². The van der Waals surface area contributed by atoms with Gasteiger partial charge in [0.1, 0.15) is 0 Å². The summed E-state index contributed by atoms with van der Waals surface area (Å²) < 4.78 is 0. The van der Waals surface area contributed by atoms with E-state index in [9.17, 15) is 0 Å². The van der Waals surface area contributed by atoms with E-state index in [1.54, 1.807) is 0 Å². The monoisotopic (exact) mass is 125 g/mol. The zero-order valence-corrected chi connectivity index (χ0v) is 6.30. The van der Waals surface area contributed by atoms with Crippen LogP contribution in [0.5, 0.6) is 0 Å². The van der Waals surface area contributed by atoms with Crippen LogP contribution in [0.3, 0.4) is 0 Å². The molecule has 0 amide bonds. The highest BCUT2D eigenvalue weighted by Crippen LogP contribution is 2.50. The third-order valence-corrected chi connectivity index (χ3v) is 3.13. The Morgan fingerprint density at radius 3 is 2.67 bits per heavy atom. The number of hydrogen-bond acceptors (Lipinski definition) is 1. The Balaban J connectivity index is 1.96. The summed E-state index contributed by atoms with van der Waals surface area (Å²) in [6.07, 6.45) is 1.46. The Bertz CT molecular complexity index is 122. The molecule has 1 aliphatic heterocycles. The molecule has 2 aliphatic rings. The topological polar surface area (TPSA) is 3.24 Å². The van der Waals surface area contributed by atoms with Crippen molar-refractivity contribution in [2.45, 2.75) is 13.3 Å². The normalized spacial score (nSPS) is 50.7. The highest BCUT2D eigenvalue weighted by molar-refractivity contribution is 4.98. The van der Waals surface area contributed by atoms with Gasteiger partial charge in [0.05, 0.1) is 0 Å². The number of nitrogens with zero attached hydrogens (tertiary/aromatic N) is 1. The first-order valence-electron chi connectivity index (χ1n) is 3.97. The van der Waals surface area contributed by atoms with Gasteiger partial charge in [0.2, 0.25) is 0 Å². The van der Waals surface area contributed by atoms with E-state index in [-0.39, 0.29) is 0 Å². The maximum Gasteiger partial charge on any atom is 0.00120 e. The van der Waals surface area contributed by atoms with E-state index in [1.807, 2.05) is 0 Å². The largest absolute Gasteiger partial charge is 0.306 e. The maximum atomic E-state index is 2.46. The van der Waals surface area contributed by atoms with Crippen molar-refractivity contribution in [3.05, 3.63) is 0 Å². The van der Waals surface area contributed by atoms with Gasteiger partial charge in [-0.2, -0.15) is 0 Å². The van der Waals surface area contributed by atoms with E-state index < -0.39 is 0 Å². The smallest absolute Gasteiger partial charge is 0.00120 e. The van der Waals surface area contributed by atoms with Crippen LogP contribution < -0.4 is 0 Å². The number of rotatable bonds is 0. The Hall–Kier alpha value is -0.0400. The lowest BCUT2D eigenvalue weighted by Crippen LogP contribution is -2.26. The summed E-state index contributed by atoms with van der Waals surface area (Å²) in [7, 11) is 2.24. The molecule has 0 bridgehead atoms. The van der Waals surface area contributed by atoms with Gasteiger partial charge in [0, 0.05) is 6.54 Å². The van der Waals surface area contributed by atoms with E-state index in [4.69, 9.17) is 0 Å². The molecule has 0 spiro atoms. The van der Waals surface area contributed by atoms with E-state index in [0.717, 1.165) is 17.8 Å². The SMILES string of the molecule is C[C@@H]1C2CCN(C)CC21. The van der Waals surface area contributed by atoms with Crippen LogP contribution in [-0.4, -0.2) is 25.0 Å². The van der Waals surface area contributed by atoms with Gasteiger partial charge in [-0.3, -0.25) is 0 Å². The first-order valence-corrected chi connectivity index (χ1v) is 3.97. The molecule has 0 radical (unpaired) electrons. The summed E-state index contributed by atoms with van der Waals surface area (Å²) in [5, 5.41) is 0. The summed E-state index contributed by atoms with van der Waals surface area (Å²) in [5.41, 5.74) is 0. The maximum absolute atomic E-state index is 2.46. The highest BCUT2D eigenvalue weighted by Gasteiger charge is 2.48. The quantitative estimate of drug-likeness (QED) is 0.470. The van der Waals surface area contributed by atoms with E-state index in [1.165, 1.54) is 19.5 Å². The Morgan fingerprint density at radius 1 is 1.33 bits per heavy atom. The first-order chi connectivity index (χ1) is 4.29. The molecule has 1 heterocycles. The van der Waals surface area contributed by atoms with Crippen LogP contribution in [0.15, 0.2) is 0 Å². The minimum Gasteiger partial charge on any atom is -0.306 e. The van der Waals surface area contributed by atoms with Gasteiger partial charge in [0.25, 0.3) is 0 Å². The predicted octanol–water partition coefficient (Wildman–Crippen LogP) is 1.20. The van der Waals surface area contributed by atoms with Gasteiger partial charge >= 0.3 is 0 Å². The number of hydrogen-bond donors (Lipinski definition) is 0. The molecule has 1 aliphatic carbocycles. The molecule has 2 rings (SSSR count). The molecular formula is C8H15N. The van der Waals surface area contributed by atoms with Crippen LogP contribution in [0.1, 0.15) is 13.3 Å². The van der Waals surface area contributed by atoms with Gasteiger partial charge in [-0.25, -0.2) is 0 Å². The van der Waals surface area contributed by atoms with Gasteiger partial charge in [-0.1, -0.05) is 6.92 Å². The molecule has 1 saturated carbocycles. The lowest BCUT2D eigenvalue weighted by molar-refractivity contribution is 0.265. The molecule has 3 atom stereocenters. The molecule has 52 valence electrons. The van der Waals surface area contributed by atoms with E-state index in [0.29, 0.717) is 0 Å². The van der Waals surface area contributed by atoms with Crippen molar-refractivity contribution in [1.82, 2.24) is 4.90 Å². The van der Waals surface area contributed by atoms with Crippen LogP contribution in [-0.2, 0) is 0 Å². The van der Waals surface area contributed by atoms with Gasteiger partial charge in [-0.15, -0.1) is 0 Å². The number of piperidine rings is 1. The predicted molar refractivity (Wildman–Crippen MR) is 38.3 cm³/mol. The number of fused-ring (bicyclic) bond motifs is 1. The molecular weight excluding hydrogens is 110 g/mol. The summed E-state index contributed by atoms with van der Waals surface area (Å²) in [4.78, 5) is 2.46.